The fraction of sp³-hybridized carbons (Fsp3) is 0.571. The van der Waals surface area contributed by atoms with E-state index in [2.05, 4.69) is 57.0 Å². The molecule has 1 unspecified atom stereocenters. The van der Waals surface area contributed by atoms with E-state index in [4.69, 9.17) is 5.73 Å². The zero-order valence-electron chi connectivity index (χ0n) is 10.9. The van der Waals surface area contributed by atoms with Gasteiger partial charge < -0.3 is 10.6 Å². The molecule has 0 saturated carbocycles. The molecule has 90 valence electrons. The van der Waals surface area contributed by atoms with Crippen LogP contribution in [-0.2, 0) is 0 Å². The van der Waals surface area contributed by atoms with Crippen LogP contribution in [0.15, 0.2) is 30.3 Å². The normalized spacial score (nSPS) is 13.6. The van der Waals surface area contributed by atoms with Crippen LogP contribution in [0.4, 0.5) is 5.69 Å². The minimum absolute atomic E-state index is 0.192. The summed E-state index contributed by atoms with van der Waals surface area (Å²) in [6.45, 7) is 7.59. The highest BCUT2D eigenvalue weighted by atomic mass is 15.1. The van der Waals surface area contributed by atoms with E-state index in [1.165, 1.54) is 5.69 Å². The molecule has 0 radical (unpaired) electrons. The van der Waals surface area contributed by atoms with E-state index in [-0.39, 0.29) is 11.5 Å². The fourth-order valence-electron chi connectivity index (χ4n) is 1.58. The topological polar surface area (TPSA) is 29.3 Å². The van der Waals surface area contributed by atoms with Crippen LogP contribution in [0.5, 0.6) is 0 Å². The lowest BCUT2D eigenvalue weighted by Gasteiger charge is -2.29. The van der Waals surface area contributed by atoms with Crippen LogP contribution in [0.25, 0.3) is 0 Å². The van der Waals surface area contributed by atoms with Gasteiger partial charge in [-0.3, -0.25) is 0 Å². The van der Waals surface area contributed by atoms with E-state index in [0.29, 0.717) is 0 Å². The molecule has 0 aliphatic carbocycles. The number of para-hydroxylation sites is 1. The summed E-state index contributed by atoms with van der Waals surface area (Å²) in [5.41, 5.74) is 7.60. The molecule has 0 aliphatic rings. The van der Waals surface area contributed by atoms with Gasteiger partial charge in [0.05, 0.1) is 0 Å². The van der Waals surface area contributed by atoms with E-state index in [1.807, 2.05) is 6.07 Å². The molecule has 0 saturated heterocycles. The molecular formula is C14H24N2. The summed E-state index contributed by atoms with van der Waals surface area (Å²) in [6, 6.07) is 10.7. The molecular weight excluding hydrogens is 196 g/mol. The van der Waals surface area contributed by atoms with Crippen molar-refractivity contribution in [2.24, 2.45) is 11.1 Å². The van der Waals surface area contributed by atoms with Gasteiger partial charge in [0.2, 0.25) is 0 Å². The number of nitrogens with two attached hydrogens (primary N) is 1. The van der Waals surface area contributed by atoms with E-state index < -0.39 is 0 Å². The van der Waals surface area contributed by atoms with E-state index in [1.54, 1.807) is 0 Å². The summed E-state index contributed by atoms with van der Waals surface area (Å²) in [5, 5.41) is 0. The van der Waals surface area contributed by atoms with Crippen LogP contribution < -0.4 is 10.6 Å². The molecule has 1 rings (SSSR count). The van der Waals surface area contributed by atoms with Gasteiger partial charge in [-0.15, -0.1) is 0 Å². The van der Waals surface area contributed by atoms with Crippen LogP contribution in [0.3, 0.4) is 0 Å². The van der Waals surface area contributed by atoms with Gasteiger partial charge in [-0.1, -0.05) is 39.0 Å². The summed E-state index contributed by atoms with van der Waals surface area (Å²) in [7, 11) is 2.12. The predicted octanol–water partition coefficient (Wildman–Crippen LogP) is 2.89. The second kappa shape index (κ2) is 5.35. The lowest BCUT2D eigenvalue weighted by Crippen LogP contribution is -2.38. The lowest BCUT2D eigenvalue weighted by molar-refractivity contribution is 0.308. The highest BCUT2D eigenvalue weighted by Gasteiger charge is 2.20. The van der Waals surface area contributed by atoms with Gasteiger partial charge in [0, 0.05) is 25.3 Å². The molecule has 1 atom stereocenters. The predicted molar refractivity (Wildman–Crippen MR) is 71.8 cm³/mol. The standard InChI is InChI=1S/C14H24N2/c1-14(2,3)13(15)10-11-16(4)12-8-6-5-7-9-12/h5-9,13H,10-11,15H2,1-4H3. The van der Waals surface area contributed by atoms with Crippen molar-refractivity contribution in [1.82, 2.24) is 0 Å². The van der Waals surface area contributed by atoms with Gasteiger partial charge in [0.1, 0.15) is 0 Å². The van der Waals surface area contributed by atoms with Crippen LogP contribution in [0.2, 0.25) is 0 Å². The molecule has 2 N–H and O–H groups in total. The molecule has 1 aromatic carbocycles. The van der Waals surface area contributed by atoms with Crippen LogP contribution in [-0.4, -0.2) is 19.6 Å². The molecule has 16 heavy (non-hydrogen) atoms. The molecule has 0 amide bonds. The van der Waals surface area contributed by atoms with Gasteiger partial charge >= 0.3 is 0 Å². The lowest BCUT2D eigenvalue weighted by atomic mass is 9.85. The maximum atomic E-state index is 6.15. The molecule has 0 fully saturated rings. The second-order valence-corrected chi connectivity index (χ2v) is 5.52. The third kappa shape index (κ3) is 3.86. The fourth-order valence-corrected chi connectivity index (χ4v) is 1.58. The van der Waals surface area contributed by atoms with Crippen molar-refractivity contribution < 1.29 is 0 Å². The van der Waals surface area contributed by atoms with Crippen LogP contribution in [0, 0.1) is 5.41 Å². The molecule has 0 spiro atoms. The van der Waals surface area contributed by atoms with Crippen molar-refractivity contribution in [3.05, 3.63) is 30.3 Å². The average molecular weight is 220 g/mol. The highest BCUT2D eigenvalue weighted by molar-refractivity contribution is 5.44. The Hall–Kier alpha value is -1.02. The Labute approximate surface area is 99.5 Å². The maximum absolute atomic E-state index is 6.15. The van der Waals surface area contributed by atoms with Crippen LogP contribution >= 0.6 is 0 Å². The number of hydrogen-bond donors (Lipinski definition) is 1. The second-order valence-electron chi connectivity index (χ2n) is 5.52. The quantitative estimate of drug-likeness (QED) is 0.845. The van der Waals surface area contributed by atoms with Gasteiger partial charge in [-0.25, -0.2) is 0 Å². The largest absolute Gasteiger partial charge is 0.375 e. The Morgan fingerprint density at radius 1 is 1.19 bits per heavy atom. The molecule has 0 bridgehead atoms. The first kappa shape index (κ1) is 13.0. The molecule has 0 aromatic heterocycles. The van der Waals surface area contributed by atoms with Crippen molar-refractivity contribution in [2.45, 2.75) is 33.2 Å². The molecule has 2 nitrogen and oxygen atoms in total. The zero-order chi connectivity index (χ0) is 12.2. The van der Waals surface area contributed by atoms with E-state index in [0.717, 1.165) is 13.0 Å². The van der Waals surface area contributed by atoms with Crippen LogP contribution in [0.1, 0.15) is 27.2 Å². The van der Waals surface area contributed by atoms with Gasteiger partial charge in [0.15, 0.2) is 0 Å². The van der Waals surface area contributed by atoms with E-state index >= 15 is 0 Å². The van der Waals surface area contributed by atoms with Gasteiger partial charge in [0.25, 0.3) is 0 Å². The van der Waals surface area contributed by atoms with Gasteiger partial charge in [-0.05, 0) is 24.0 Å². The van der Waals surface area contributed by atoms with Crippen molar-refractivity contribution in [2.75, 3.05) is 18.5 Å². The number of anilines is 1. The molecule has 0 aliphatic heterocycles. The Kier molecular flexibility index (Phi) is 4.36. The summed E-state index contributed by atoms with van der Waals surface area (Å²) >= 11 is 0. The Balaban J connectivity index is 2.45. The Morgan fingerprint density at radius 3 is 2.25 bits per heavy atom. The third-order valence-corrected chi connectivity index (χ3v) is 3.08. The SMILES string of the molecule is CN(CCC(N)C(C)(C)C)c1ccccc1. The monoisotopic (exact) mass is 220 g/mol. The summed E-state index contributed by atoms with van der Waals surface area (Å²) < 4.78 is 0. The first-order valence-electron chi connectivity index (χ1n) is 5.93. The van der Waals surface area contributed by atoms with Gasteiger partial charge in [-0.2, -0.15) is 0 Å². The minimum Gasteiger partial charge on any atom is -0.375 e. The number of benzene rings is 1. The first-order chi connectivity index (χ1) is 7.41. The third-order valence-electron chi connectivity index (χ3n) is 3.08. The van der Waals surface area contributed by atoms with Crippen molar-refractivity contribution in [3.8, 4) is 0 Å². The number of rotatable bonds is 4. The Bertz CT molecular complexity index is 300. The number of nitrogens with zero attached hydrogens (tertiary/aromatic N) is 1. The van der Waals surface area contributed by atoms with E-state index in [9.17, 15) is 0 Å². The summed E-state index contributed by atoms with van der Waals surface area (Å²) in [6.07, 6.45) is 1.02. The first-order valence-corrected chi connectivity index (χ1v) is 5.93. The minimum atomic E-state index is 0.192. The molecule has 0 heterocycles. The highest BCUT2D eigenvalue weighted by Crippen LogP contribution is 2.20. The average Bonchev–Trinajstić information content (AvgIpc) is 2.25. The number of hydrogen-bond acceptors (Lipinski definition) is 2. The summed E-state index contributed by atoms with van der Waals surface area (Å²) in [4.78, 5) is 2.26. The van der Waals surface area contributed by atoms with Crippen molar-refractivity contribution in [3.63, 3.8) is 0 Å². The maximum Gasteiger partial charge on any atom is 0.0363 e. The molecule has 1 aromatic rings. The smallest absolute Gasteiger partial charge is 0.0363 e. The van der Waals surface area contributed by atoms with Crippen molar-refractivity contribution in [1.29, 1.82) is 0 Å². The Morgan fingerprint density at radius 2 is 1.75 bits per heavy atom. The van der Waals surface area contributed by atoms with Crippen molar-refractivity contribution >= 4 is 5.69 Å². The molecule has 2 heteroatoms. The summed E-state index contributed by atoms with van der Waals surface area (Å²) in [5.74, 6) is 0. The zero-order valence-corrected chi connectivity index (χ0v) is 10.9.